The number of rotatable bonds is 9. The number of carbonyl (C=O) groups is 2. The van der Waals surface area contributed by atoms with Crippen LogP contribution in [0.3, 0.4) is 0 Å². The van der Waals surface area contributed by atoms with Crippen LogP contribution in [0.25, 0.3) is 0 Å². The van der Waals surface area contributed by atoms with Crippen LogP contribution in [-0.4, -0.2) is 62.3 Å². The van der Waals surface area contributed by atoms with Crippen LogP contribution in [0, 0.1) is 0 Å². The summed E-state index contributed by atoms with van der Waals surface area (Å²) in [6, 6.07) is 13.8. The Kier molecular flexibility index (Phi) is 7.59. The van der Waals surface area contributed by atoms with Gasteiger partial charge in [0.1, 0.15) is 29.5 Å². The predicted molar refractivity (Wildman–Crippen MR) is 115 cm³/mol. The summed E-state index contributed by atoms with van der Waals surface area (Å²) < 4.78 is 22.5. The van der Waals surface area contributed by atoms with Gasteiger partial charge >= 0.3 is 0 Å². The second-order valence-electron chi connectivity index (χ2n) is 7.20. The molecule has 0 bridgehead atoms. The number of morpholine rings is 1. The number of nitrogens with zero attached hydrogens (tertiary/aromatic N) is 1. The average molecular weight is 449 g/mol. The van der Waals surface area contributed by atoms with E-state index >= 15 is 0 Å². The van der Waals surface area contributed by atoms with E-state index in [0.717, 1.165) is 0 Å². The van der Waals surface area contributed by atoms with Crippen molar-refractivity contribution in [3.05, 3.63) is 53.6 Å². The summed E-state index contributed by atoms with van der Waals surface area (Å²) in [5, 5.41) is 0.584. The van der Waals surface area contributed by atoms with E-state index in [1.807, 2.05) is 0 Å². The summed E-state index contributed by atoms with van der Waals surface area (Å²) in [4.78, 5) is 26.1. The minimum Gasteiger partial charge on any atom is -0.497 e. The van der Waals surface area contributed by atoms with Gasteiger partial charge < -0.3 is 29.6 Å². The van der Waals surface area contributed by atoms with Gasteiger partial charge in [0.25, 0.3) is 5.91 Å². The number of benzene rings is 2. The molecule has 1 atom stereocenters. The summed E-state index contributed by atoms with van der Waals surface area (Å²) in [5.41, 5.74) is 4.40. The Morgan fingerprint density at radius 1 is 1.13 bits per heavy atom. The van der Waals surface area contributed by atoms with Crippen molar-refractivity contribution in [3.63, 3.8) is 0 Å². The molecule has 0 saturated carbocycles. The summed E-state index contributed by atoms with van der Waals surface area (Å²) in [6.45, 7) is 0.684. The zero-order chi connectivity index (χ0) is 22.3. The molecule has 2 aromatic rings. The first-order valence-corrected chi connectivity index (χ1v) is 10.1. The fourth-order valence-electron chi connectivity index (χ4n) is 3.29. The van der Waals surface area contributed by atoms with Gasteiger partial charge in [0.15, 0.2) is 6.61 Å². The Hall–Kier alpha value is -2.97. The first kappa shape index (κ1) is 22.7. The molecule has 0 spiro atoms. The van der Waals surface area contributed by atoms with Crippen LogP contribution >= 0.6 is 11.6 Å². The van der Waals surface area contributed by atoms with E-state index in [1.165, 1.54) is 0 Å². The van der Waals surface area contributed by atoms with E-state index in [1.54, 1.807) is 60.5 Å². The molecule has 1 saturated heterocycles. The molecule has 3 rings (SSSR count). The normalized spacial score (nSPS) is 18.3. The lowest BCUT2D eigenvalue weighted by Crippen LogP contribution is -2.58. The predicted octanol–water partition coefficient (Wildman–Crippen LogP) is 2.28. The van der Waals surface area contributed by atoms with Crippen molar-refractivity contribution in [2.24, 2.45) is 5.73 Å². The minimum absolute atomic E-state index is 0.0537. The lowest BCUT2D eigenvalue weighted by molar-refractivity contribution is -0.163. The van der Waals surface area contributed by atoms with Crippen molar-refractivity contribution < 1.29 is 28.5 Å². The van der Waals surface area contributed by atoms with Crippen molar-refractivity contribution in [2.75, 3.05) is 40.0 Å². The SMILES string of the molecule is COc1cccc(OCC(=O)N2CCO[C@](COc3ccc(Cl)cc3)(CC(N)=O)C2)c1. The maximum absolute atomic E-state index is 12.8. The van der Waals surface area contributed by atoms with E-state index in [4.69, 9.17) is 36.3 Å². The van der Waals surface area contributed by atoms with Crippen molar-refractivity contribution in [1.29, 1.82) is 0 Å². The van der Waals surface area contributed by atoms with Crippen molar-refractivity contribution in [3.8, 4) is 17.2 Å². The van der Waals surface area contributed by atoms with Crippen LogP contribution in [0.4, 0.5) is 0 Å². The van der Waals surface area contributed by atoms with Crippen LogP contribution in [0.5, 0.6) is 17.2 Å². The second-order valence-corrected chi connectivity index (χ2v) is 7.64. The molecule has 2 N–H and O–H groups in total. The number of primary amides is 1. The molecule has 1 aliphatic rings. The third-order valence-corrected chi connectivity index (χ3v) is 5.07. The molecule has 1 fully saturated rings. The molecule has 2 amide bonds. The molecule has 0 aliphatic carbocycles. The van der Waals surface area contributed by atoms with E-state index in [2.05, 4.69) is 0 Å². The maximum atomic E-state index is 12.8. The lowest BCUT2D eigenvalue weighted by atomic mass is 9.97. The van der Waals surface area contributed by atoms with E-state index < -0.39 is 11.5 Å². The van der Waals surface area contributed by atoms with E-state index in [0.29, 0.717) is 28.8 Å². The molecule has 1 aliphatic heterocycles. The maximum Gasteiger partial charge on any atom is 0.260 e. The van der Waals surface area contributed by atoms with Gasteiger partial charge in [0, 0.05) is 17.6 Å². The van der Waals surface area contributed by atoms with Gasteiger partial charge in [-0.1, -0.05) is 17.7 Å². The Morgan fingerprint density at radius 2 is 1.87 bits per heavy atom. The minimum atomic E-state index is -1.05. The van der Waals surface area contributed by atoms with Gasteiger partial charge in [-0.3, -0.25) is 9.59 Å². The Labute approximate surface area is 185 Å². The van der Waals surface area contributed by atoms with Crippen LogP contribution in [-0.2, 0) is 14.3 Å². The first-order valence-electron chi connectivity index (χ1n) is 9.74. The topological polar surface area (TPSA) is 100 Å². The molecule has 0 radical (unpaired) electrons. The molecule has 2 aromatic carbocycles. The van der Waals surface area contributed by atoms with E-state index in [-0.39, 0.29) is 38.7 Å². The molecule has 0 unspecified atom stereocenters. The standard InChI is InChI=1S/C22H25ClN2O6/c1-28-18-3-2-4-19(11-18)29-13-21(27)25-9-10-31-22(14-25,12-20(24)26)15-30-17-7-5-16(23)6-8-17/h2-8,11H,9-10,12-15H2,1H3,(H2,24,26)/t22-/m1/s1. The third kappa shape index (κ3) is 6.50. The fourth-order valence-corrected chi connectivity index (χ4v) is 3.42. The Balaban J connectivity index is 1.63. The van der Waals surface area contributed by atoms with Crippen LogP contribution in [0.2, 0.25) is 5.02 Å². The average Bonchev–Trinajstić information content (AvgIpc) is 2.77. The summed E-state index contributed by atoms with van der Waals surface area (Å²) in [5.74, 6) is 0.960. The summed E-state index contributed by atoms with van der Waals surface area (Å²) >= 11 is 5.90. The van der Waals surface area contributed by atoms with Crippen LogP contribution in [0.15, 0.2) is 48.5 Å². The number of halogens is 1. The zero-order valence-corrected chi connectivity index (χ0v) is 18.0. The van der Waals surface area contributed by atoms with Crippen LogP contribution < -0.4 is 19.9 Å². The van der Waals surface area contributed by atoms with Gasteiger partial charge in [0.05, 0.1) is 26.7 Å². The highest BCUT2D eigenvalue weighted by molar-refractivity contribution is 6.30. The monoisotopic (exact) mass is 448 g/mol. The highest BCUT2D eigenvalue weighted by Gasteiger charge is 2.41. The summed E-state index contributed by atoms with van der Waals surface area (Å²) in [6.07, 6.45) is -0.0822. The van der Waals surface area contributed by atoms with Gasteiger partial charge in [-0.25, -0.2) is 0 Å². The molecule has 166 valence electrons. The third-order valence-electron chi connectivity index (χ3n) is 4.82. The van der Waals surface area contributed by atoms with Crippen molar-refractivity contribution in [1.82, 2.24) is 4.90 Å². The molecular weight excluding hydrogens is 424 g/mol. The van der Waals surface area contributed by atoms with Gasteiger partial charge in [-0.2, -0.15) is 0 Å². The number of nitrogens with two attached hydrogens (primary N) is 1. The highest BCUT2D eigenvalue weighted by Crippen LogP contribution is 2.25. The quantitative estimate of drug-likeness (QED) is 0.631. The Morgan fingerprint density at radius 3 is 2.58 bits per heavy atom. The van der Waals surface area contributed by atoms with Gasteiger partial charge in [0.2, 0.25) is 5.91 Å². The highest BCUT2D eigenvalue weighted by atomic mass is 35.5. The smallest absolute Gasteiger partial charge is 0.260 e. The largest absolute Gasteiger partial charge is 0.497 e. The molecular formula is C22H25ClN2O6. The lowest BCUT2D eigenvalue weighted by Gasteiger charge is -2.41. The number of carbonyl (C=O) groups excluding carboxylic acids is 2. The van der Waals surface area contributed by atoms with Crippen LogP contribution in [0.1, 0.15) is 6.42 Å². The first-order chi connectivity index (χ1) is 14.9. The fraction of sp³-hybridized carbons (Fsp3) is 0.364. The molecule has 0 aromatic heterocycles. The summed E-state index contributed by atoms with van der Waals surface area (Å²) in [7, 11) is 1.56. The number of hydrogen-bond donors (Lipinski definition) is 1. The molecule has 9 heteroatoms. The number of amides is 2. The Bertz CT molecular complexity index is 907. The van der Waals surface area contributed by atoms with Crippen molar-refractivity contribution in [2.45, 2.75) is 12.0 Å². The molecule has 1 heterocycles. The number of hydrogen-bond acceptors (Lipinski definition) is 6. The number of methoxy groups -OCH3 is 1. The van der Waals surface area contributed by atoms with E-state index in [9.17, 15) is 9.59 Å². The zero-order valence-electron chi connectivity index (χ0n) is 17.2. The molecule has 31 heavy (non-hydrogen) atoms. The van der Waals surface area contributed by atoms with Gasteiger partial charge in [-0.05, 0) is 36.4 Å². The number of ether oxygens (including phenoxy) is 4. The van der Waals surface area contributed by atoms with Crippen molar-refractivity contribution >= 4 is 23.4 Å². The van der Waals surface area contributed by atoms with Gasteiger partial charge in [-0.15, -0.1) is 0 Å². The second kappa shape index (κ2) is 10.4. The molecule has 8 nitrogen and oxygen atoms in total.